The lowest BCUT2D eigenvalue weighted by molar-refractivity contribution is -0.108. The molecule has 0 aliphatic heterocycles. The number of hydrogen-bond acceptors (Lipinski definition) is 2. The molecule has 0 atom stereocenters. The van der Waals surface area contributed by atoms with E-state index in [2.05, 4.69) is 12.1 Å². The Morgan fingerprint density at radius 2 is 2.00 bits per heavy atom. The largest absolute Gasteiger partial charge is 0.494 e. The highest BCUT2D eigenvalue weighted by Gasteiger charge is 2.22. The summed E-state index contributed by atoms with van der Waals surface area (Å²) in [5.41, 5.74) is 1.43. The smallest absolute Gasteiger partial charge is 0.120 e. The molecule has 1 aliphatic carbocycles. The van der Waals surface area contributed by atoms with Crippen molar-refractivity contribution >= 4 is 6.29 Å². The third-order valence-electron chi connectivity index (χ3n) is 2.66. The maximum atomic E-state index is 10.1. The minimum Gasteiger partial charge on any atom is -0.494 e. The van der Waals surface area contributed by atoms with Gasteiger partial charge in [0.15, 0.2) is 0 Å². The molecule has 0 unspecified atom stereocenters. The molecule has 0 N–H and O–H groups in total. The first-order chi connectivity index (χ1) is 7.40. The van der Waals surface area contributed by atoms with Crippen molar-refractivity contribution in [3.63, 3.8) is 0 Å². The molecule has 2 nitrogen and oxygen atoms in total. The summed E-state index contributed by atoms with van der Waals surface area (Å²) in [6.45, 7) is 0.627. The van der Waals surface area contributed by atoms with E-state index >= 15 is 0 Å². The van der Waals surface area contributed by atoms with Crippen molar-refractivity contribution < 1.29 is 9.53 Å². The van der Waals surface area contributed by atoms with E-state index in [1.807, 2.05) is 12.1 Å². The number of hydrogen-bond donors (Lipinski definition) is 0. The Morgan fingerprint density at radius 3 is 2.60 bits per heavy atom. The van der Waals surface area contributed by atoms with Gasteiger partial charge in [-0.2, -0.15) is 0 Å². The number of aldehydes is 1. The zero-order valence-electron chi connectivity index (χ0n) is 8.82. The Hall–Kier alpha value is -1.31. The maximum absolute atomic E-state index is 10.1. The molecule has 0 spiro atoms. The van der Waals surface area contributed by atoms with Gasteiger partial charge in [-0.3, -0.25) is 0 Å². The number of unbranched alkanes of at least 4 members (excludes halogenated alkanes) is 1. The van der Waals surface area contributed by atoms with E-state index < -0.39 is 0 Å². The molecule has 80 valence electrons. The predicted octanol–water partition coefficient (Wildman–Crippen LogP) is 2.92. The third-order valence-corrected chi connectivity index (χ3v) is 2.66. The molecule has 0 heterocycles. The SMILES string of the molecule is O=CCCCOc1ccc(C2CC2)cc1. The maximum Gasteiger partial charge on any atom is 0.120 e. The quantitative estimate of drug-likeness (QED) is 0.526. The molecule has 0 bridgehead atoms. The van der Waals surface area contributed by atoms with Gasteiger partial charge in [-0.25, -0.2) is 0 Å². The summed E-state index contributed by atoms with van der Waals surface area (Å²) in [5, 5.41) is 0. The second kappa shape index (κ2) is 4.96. The van der Waals surface area contributed by atoms with Gasteiger partial charge in [-0.15, -0.1) is 0 Å². The Kier molecular flexibility index (Phi) is 3.38. The number of carbonyl (C=O) groups excluding carboxylic acids is 1. The summed E-state index contributed by atoms with van der Waals surface area (Å²) in [6, 6.07) is 8.34. The van der Waals surface area contributed by atoms with E-state index in [0.717, 1.165) is 24.4 Å². The zero-order valence-corrected chi connectivity index (χ0v) is 8.82. The average Bonchev–Trinajstić information content (AvgIpc) is 3.09. The van der Waals surface area contributed by atoms with E-state index in [4.69, 9.17) is 4.74 Å². The van der Waals surface area contributed by atoms with Crippen LogP contribution in [0.15, 0.2) is 24.3 Å². The molecule has 0 radical (unpaired) electrons. The highest BCUT2D eigenvalue weighted by Crippen LogP contribution is 2.40. The van der Waals surface area contributed by atoms with Gasteiger partial charge in [0.1, 0.15) is 12.0 Å². The van der Waals surface area contributed by atoms with Crippen molar-refractivity contribution in [1.29, 1.82) is 0 Å². The van der Waals surface area contributed by atoms with Crippen LogP contribution in [0.4, 0.5) is 0 Å². The number of benzene rings is 1. The molecule has 1 saturated carbocycles. The minimum atomic E-state index is 0.583. The number of carbonyl (C=O) groups is 1. The molecule has 2 rings (SSSR count). The van der Waals surface area contributed by atoms with Crippen LogP contribution in [0.2, 0.25) is 0 Å². The van der Waals surface area contributed by atoms with Gasteiger partial charge in [-0.05, 0) is 42.9 Å². The van der Waals surface area contributed by atoms with Gasteiger partial charge in [0.2, 0.25) is 0 Å². The van der Waals surface area contributed by atoms with Crippen molar-refractivity contribution in [2.45, 2.75) is 31.6 Å². The highest BCUT2D eigenvalue weighted by molar-refractivity contribution is 5.49. The average molecular weight is 204 g/mol. The fraction of sp³-hybridized carbons (Fsp3) is 0.462. The van der Waals surface area contributed by atoms with E-state index in [-0.39, 0.29) is 0 Å². The van der Waals surface area contributed by atoms with Gasteiger partial charge in [0, 0.05) is 6.42 Å². The molecule has 1 aliphatic rings. The van der Waals surface area contributed by atoms with Gasteiger partial charge in [0.05, 0.1) is 6.61 Å². The zero-order chi connectivity index (χ0) is 10.5. The second-order valence-corrected chi connectivity index (χ2v) is 4.00. The summed E-state index contributed by atoms with van der Waals surface area (Å²) in [4.78, 5) is 10.1. The summed E-state index contributed by atoms with van der Waals surface area (Å²) in [5.74, 6) is 1.71. The Labute approximate surface area is 90.3 Å². The van der Waals surface area contributed by atoms with Gasteiger partial charge in [-0.1, -0.05) is 12.1 Å². The highest BCUT2D eigenvalue weighted by atomic mass is 16.5. The lowest BCUT2D eigenvalue weighted by atomic mass is 10.1. The summed E-state index contributed by atoms with van der Waals surface area (Å²) in [7, 11) is 0. The van der Waals surface area contributed by atoms with Crippen LogP contribution in [-0.2, 0) is 4.79 Å². The second-order valence-electron chi connectivity index (χ2n) is 4.00. The van der Waals surface area contributed by atoms with Gasteiger partial charge in [0.25, 0.3) is 0 Å². The third kappa shape index (κ3) is 3.08. The first-order valence-corrected chi connectivity index (χ1v) is 5.56. The van der Waals surface area contributed by atoms with Crippen LogP contribution in [-0.4, -0.2) is 12.9 Å². The first kappa shape index (κ1) is 10.2. The van der Waals surface area contributed by atoms with Crippen molar-refractivity contribution in [3.8, 4) is 5.75 Å². The van der Waals surface area contributed by atoms with E-state index in [1.54, 1.807) is 0 Å². The van der Waals surface area contributed by atoms with E-state index in [1.165, 1.54) is 18.4 Å². The standard InChI is InChI=1S/C13H16O2/c14-9-1-2-10-15-13-7-5-12(6-8-13)11-3-4-11/h5-9,11H,1-4,10H2. The molecular weight excluding hydrogens is 188 g/mol. The van der Waals surface area contributed by atoms with Crippen molar-refractivity contribution in [1.82, 2.24) is 0 Å². The Bertz CT molecular complexity index is 312. The molecule has 1 aromatic rings. The Morgan fingerprint density at radius 1 is 1.27 bits per heavy atom. The molecule has 0 amide bonds. The van der Waals surface area contributed by atoms with Crippen molar-refractivity contribution in [3.05, 3.63) is 29.8 Å². The van der Waals surface area contributed by atoms with Crippen LogP contribution in [0.25, 0.3) is 0 Å². The molecule has 0 aromatic heterocycles. The number of rotatable bonds is 6. The number of ether oxygens (including phenoxy) is 1. The van der Waals surface area contributed by atoms with Gasteiger partial charge < -0.3 is 9.53 Å². The molecule has 2 heteroatoms. The van der Waals surface area contributed by atoms with E-state index in [9.17, 15) is 4.79 Å². The molecule has 0 saturated heterocycles. The van der Waals surface area contributed by atoms with Crippen molar-refractivity contribution in [2.24, 2.45) is 0 Å². The van der Waals surface area contributed by atoms with Crippen LogP contribution in [0, 0.1) is 0 Å². The monoisotopic (exact) mass is 204 g/mol. The topological polar surface area (TPSA) is 26.3 Å². The van der Waals surface area contributed by atoms with Gasteiger partial charge >= 0.3 is 0 Å². The fourth-order valence-corrected chi connectivity index (χ4v) is 1.61. The molecule has 1 fully saturated rings. The summed E-state index contributed by atoms with van der Waals surface area (Å²) >= 11 is 0. The predicted molar refractivity (Wildman–Crippen MR) is 59.2 cm³/mol. The molecule has 15 heavy (non-hydrogen) atoms. The van der Waals surface area contributed by atoms with Crippen LogP contribution >= 0.6 is 0 Å². The summed E-state index contributed by atoms with van der Waals surface area (Å²) in [6.07, 6.45) is 4.98. The minimum absolute atomic E-state index is 0.583. The van der Waals surface area contributed by atoms with Crippen LogP contribution in [0.5, 0.6) is 5.75 Å². The van der Waals surface area contributed by atoms with E-state index in [0.29, 0.717) is 13.0 Å². The van der Waals surface area contributed by atoms with Crippen LogP contribution < -0.4 is 4.74 Å². The lowest BCUT2D eigenvalue weighted by Crippen LogP contribution is -1.97. The van der Waals surface area contributed by atoms with Crippen molar-refractivity contribution in [2.75, 3.05) is 6.61 Å². The Balaban J connectivity index is 1.78. The lowest BCUT2D eigenvalue weighted by Gasteiger charge is -2.05. The normalized spacial score (nSPS) is 14.9. The van der Waals surface area contributed by atoms with Crippen LogP contribution in [0.1, 0.15) is 37.2 Å². The van der Waals surface area contributed by atoms with Crippen LogP contribution in [0.3, 0.4) is 0 Å². The molecule has 1 aromatic carbocycles. The summed E-state index contributed by atoms with van der Waals surface area (Å²) < 4.78 is 5.50. The molecular formula is C13H16O2. The fourth-order valence-electron chi connectivity index (χ4n) is 1.61. The first-order valence-electron chi connectivity index (χ1n) is 5.56.